The molecule has 0 radical (unpaired) electrons. The fraction of sp³-hybridized carbons (Fsp3) is 1.00. The molecule has 5 atom stereocenters. The molecular formula is C16H31N. The average Bonchev–Trinajstić information content (AvgIpc) is 2.35. The summed E-state index contributed by atoms with van der Waals surface area (Å²) in [6.45, 7) is 4.50. The van der Waals surface area contributed by atoms with Crippen LogP contribution in [0.2, 0.25) is 0 Å². The Labute approximate surface area is 108 Å². The van der Waals surface area contributed by atoms with Gasteiger partial charge in [-0.05, 0) is 49.9 Å². The molecule has 0 aromatic rings. The molecule has 2 rings (SSSR count). The van der Waals surface area contributed by atoms with Gasteiger partial charge in [-0.1, -0.05) is 45.4 Å². The fourth-order valence-electron chi connectivity index (χ4n) is 4.37. The van der Waals surface area contributed by atoms with Crippen LogP contribution in [0.25, 0.3) is 0 Å². The van der Waals surface area contributed by atoms with Gasteiger partial charge in [0.25, 0.3) is 0 Å². The highest BCUT2D eigenvalue weighted by Gasteiger charge is 2.33. The van der Waals surface area contributed by atoms with Crippen molar-refractivity contribution < 1.29 is 0 Å². The molecule has 0 saturated heterocycles. The summed E-state index contributed by atoms with van der Waals surface area (Å²) in [7, 11) is 0. The quantitative estimate of drug-likeness (QED) is 0.772. The van der Waals surface area contributed by atoms with Crippen LogP contribution < -0.4 is 5.73 Å². The zero-order valence-corrected chi connectivity index (χ0v) is 11.8. The smallest absolute Gasteiger partial charge is 0.00387 e. The number of fused-ring (bicyclic) bond motifs is 1. The summed E-state index contributed by atoms with van der Waals surface area (Å²) < 4.78 is 0. The summed E-state index contributed by atoms with van der Waals surface area (Å²) in [6.07, 6.45) is 13.3. The molecule has 100 valence electrons. The lowest BCUT2D eigenvalue weighted by atomic mass is 9.66. The van der Waals surface area contributed by atoms with Gasteiger partial charge in [-0.3, -0.25) is 0 Å². The second kappa shape index (κ2) is 6.22. The summed E-state index contributed by atoms with van der Waals surface area (Å²) in [5.74, 6) is 3.92. The van der Waals surface area contributed by atoms with Gasteiger partial charge in [-0.2, -0.15) is 0 Å². The third-order valence-electron chi connectivity index (χ3n) is 5.55. The van der Waals surface area contributed by atoms with E-state index in [4.69, 9.17) is 5.73 Å². The van der Waals surface area contributed by atoms with Gasteiger partial charge in [0.05, 0.1) is 0 Å². The van der Waals surface area contributed by atoms with Gasteiger partial charge in [0.2, 0.25) is 0 Å². The number of hydrogen-bond acceptors (Lipinski definition) is 1. The number of rotatable bonds is 4. The lowest BCUT2D eigenvalue weighted by Crippen LogP contribution is -2.32. The maximum absolute atomic E-state index is 6.10. The van der Waals surface area contributed by atoms with Crippen LogP contribution in [-0.2, 0) is 0 Å². The number of hydrogen-bond donors (Lipinski definition) is 1. The van der Waals surface area contributed by atoms with E-state index in [0.717, 1.165) is 23.7 Å². The van der Waals surface area contributed by atoms with Crippen molar-refractivity contribution in [2.24, 2.45) is 29.4 Å². The molecular weight excluding hydrogens is 206 g/mol. The van der Waals surface area contributed by atoms with Crippen LogP contribution in [0.1, 0.15) is 71.6 Å². The molecule has 2 saturated carbocycles. The van der Waals surface area contributed by atoms with Crippen LogP contribution in [-0.4, -0.2) is 6.04 Å². The standard InChI is InChI=1S/C16H31N/c1-3-14(12(2)17)10-13-8-9-15-6-4-5-7-16(15)11-13/h12-16H,3-11,17H2,1-2H3/t12?,13?,14-,15?,16+/m0/s1. The summed E-state index contributed by atoms with van der Waals surface area (Å²) in [4.78, 5) is 0. The first kappa shape index (κ1) is 13.4. The molecule has 1 nitrogen and oxygen atoms in total. The van der Waals surface area contributed by atoms with Gasteiger partial charge >= 0.3 is 0 Å². The van der Waals surface area contributed by atoms with Crippen molar-refractivity contribution in [2.75, 3.05) is 0 Å². The molecule has 0 amide bonds. The SMILES string of the molecule is CC[C@@H](CC1CCC2CCCC[C@@H]2C1)C(C)N. The van der Waals surface area contributed by atoms with Gasteiger partial charge < -0.3 is 5.73 Å². The maximum Gasteiger partial charge on any atom is 0.00387 e. The topological polar surface area (TPSA) is 26.0 Å². The lowest BCUT2D eigenvalue weighted by molar-refractivity contribution is 0.113. The second-order valence-corrected chi connectivity index (χ2v) is 6.75. The summed E-state index contributed by atoms with van der Waals surface area (Å²) in [6, 6.07) is 0.393. The minimum atomic E-state index is 0.393. The molecule has 2 aliphatic rings. The van der Waals surface area contributed by atoms with Crippen molar-refractivity contribution in [2.45, 2.75) is 77.7 Å². The van der Waals surface area contributed by atoms with Crippen LogP contribution in [0.15, 0.2) is 0 Å². The molecule has 0 aromatic heterocycles. The van der Waals surface area contributed by atoms with E-state index >= 15 is 0 Å². The van der Waals surface area contributed by atoms with E-state index in [0.29, 0.717) is 6.04 Å². The van der Waals surface area contributed by atoms with Crippen molar-refractivity contribution in [1.82, 2.24) is 0 Å². The highest BCUT2D eigenvalue weighted by Crippen LogP contribution is 2.44. The molecule has 0 aliphatic heterocycles. The minimum Gasteiger partial charge on any atom is -0.328 e. The second-order valence-electron chi connectivity index (χ2n) is 6.75. The molecule has 3 unspecified atom stereocenters. The Kier molecular flexibility index (Phi) is 4.90. The Hall–Kier alpha value is -0.0400. The first-order chi connectivity index (χ1) is 8.20. The van der Waals surface area contributed by atoms with E-state index in [1.807, 2.05) is 0 Å². The van der Waals surface area contributed by atoms with E-state index in [2.05, 4.69) is 13.8 Å². The third kappa shape index (κ3) is 3.47. The normalized spacial score (nSPS) is 37.2. The Morgan fingerprint density at radius 3 is 2.41 bits per heavy atom. The largest absolute Gasteiger partial charge is 0.328 e. The van der Waals surface area contributed by atoms with Gasteiger partial charge in [0.1, 0.15) is 0 Å². The summed E-state index contributed by atoms with van der Waals surface area (Å²) in [5.41, 5.74) is 6.10. The molecule has 2 N–H and O–H groups in total. The molecule has 0 aromatic carbocycles. The number of nitrogens with two attached hydrogens (primary N) is 1. The molecule has 1 heteroatoms. The van der Waals surface area contributed by atoms with Crippen LogP contribution in [0.4, 0.5) is 0 Å². The molecule has 2 aliphatic carbocycles. The van der Waals surface area contributed by atoms with Gasteiger partial charge in [-0.15, -0.1) is 0 Å². The Balaban J connectivity index is 1.82. The third-order valence-corrected chi connectivity index (χ3v) is 5.55. The Morgan fingerprint density at radius 1 is 1.06 bits per heavy atom. The summed E-state index contributed by atoms with van der Waals surface area (Å²) >= 11 is 0. The average molecular weight is 237 g/mol. The van der Waals surface area contributed by atoms with Crippen LogP contribution in [0.5, 0.6) is 0 Å². The lowest BCUT2D eigenvalue weighted by Gasteiger charge is -2.40. The van der Waals surface area contributed by atoms with E-state index < -0.39 is 0 Å². The molecule has 0 heterocycles. The monoisotopic (exact) mass is 237 g/mol. The van der Waals surface area contributed by atoms with Crippen molar-refractivity contribution >= 4 is 0 Å². The van der Waals surface area contributed by atoms with Gasteiger partial charge in [0, 0.05) is 6.04 Å². The van der Waals surface area contributed by atoms with E-state index in [-0.39, 0.29) is 0 Å². The van der Waals surface area contributed by atoms with Crippen LogP contribution in [0, 0.1) is 23.7 Å². The Bertz CT molecular complexity index is 224. The zero-order valence-electron chi connectivity index (χ0n) is 11.8. The predicted octanol–water partition coefficient (Wildman–Crippen LogP) is 4.36. The van der Waals surface area contributed by atoms with Crippen LogP contribution >= 0.6 is 0 Å². The van der Waals surface area contributed by atoms with Crippen LogP contribution in [0.3, 0.4) is 0 Å². The summed E-state index contributed by atoms with van der Waals surface area (Å²) in [5, 5.41) is 0. The zero-order chi connectivity index (χ0) is 12.3. The van der Waals surface area contributed by atoms with Crippen molar-refractivity contribution in [1.29, 1.82) is 0 Å². The molecule has 2 fully saturated rings. The van der Waals surface area contributed by atoms with Gasteiger partial charge in [-0.25, -0.2) is 0 Å². The van der Waals surface area contributed by atoms with Crippen molar-refractivity contribution in [3.05, 3.63) is 0 Å². The van der Waals surface area contributed by atoms with E-state index in [1.54, 1.807) is 0 Å². The fourth-order valence-corrected chi connectivity index (χ4v) is 4.37. The van der Waals surface area contributed by atoms with Crippen molar-refractivity contribution in [3.8, 4) is 0 Å². The highest BCUT2D eigenvalue weighted by molar-refractivity contribution is 4.84. The molecule has 0 spiro atoms. The van der Waals surface area contributed by atoms with Gasteiger partial charge in [0.15, 0.2) is 0 Å². The molecule has 0 bridgehead atoms. The predicted molar refractivity (Wildman–Crippen MR) is 74.8 cm³/mol. The highest BCUT2D eigenvalue weighted by atomic mass is 14.6. The first-order valence-electron chi connectivity index (χ1n) is 7.96. The minimum absolute atomic E-state index is 0.393. The van der Waals surface area contributed by atoms with E-state index in [9.17, 15) is 0 Å². The first-order valence-corrected chi connectivity index (χ1v) is 7.96. The van der Waals surface area contributed by atoms with E-state index in [1.165, 1.54) is 57.8 Å². The molecule has 17 heavy (non-hydrogen) atoms. The maximum atomic E-state index is 6.10. The Morgan fingerprint density at radius 2 is 1.76 bits per heavy atom. The van der Waals surface area contributed by atoms with Crippen molar-refractivity contribution in [3.63, 3.8) is 0 Å².